The van der Waals surface area contributed by atoms with E-state index in [-0.39, 0.29) is 0 Å². The van der Waals surface area contributed by atoms with Gasteiger partial charge in [-0.15, -0.1) is 0 Å². The van der Waals surface area contributed by atoms with Crippen LogP contribution in [-0.4, -0.2) is 52.4 Å². The standard InChI is InChI=1S/C25H33N7/c1-17-25(18(2)31-30-17)20-14-22(29-24(16-20)32-12-10-26-11-13-32)19-8-9-27-23(15-19)28-21-6-4-3-5-7-21/h8-9,14-16,21,26H,3-7,10-13H2,1-2H3,(H,27,28)(H,30,31). The highest BCUT2D eigenvalue weighted by Gasteiger charge is 2.18. The van der Waals surface area contributed by atoms with Crippen LogP contribution in [0.1, 0.15) is 43.5 Å². The van der Waals surface area contributed by atoms with Crippen molar-refractivity contribution in [3.8, 4) is 22.4 Å². The second kappa shape index (κ2) is 9.28. The van der Waals surface area contributed by atoms with Crippen LogP contribution in [0.15, 0.2) is 30.5 Å². The average molecular weight is 432 g/mol. The summed E-state index contributed by atoms with van der Waals surface area (Å²) in [4.78, 5) is 12.1. The number of rotatable bonds is 5. The van der Waals surface area contributed by atoms with Crippen LogP contribution >= 0.6 is 0 Å². The van der Waals surface area contributed by atoms with E-state index < -0.39 is 0 Å². The van der Waals surface area contributed by atoms with Gasteiger partial charge in [0.05, 0.1) is 11.4 Å². The number of hydrogen-bond donors (Lipinski definition) is 3. The smallest absolute Gasteiger partial charge is 0.129 e. The van der Waals surface area contributed by atoms with Gasteiger partial charge in [-0.3, -0.25) is 5.10 Å². The summed E-state index contributed by atoms with van der Waals surface area (Å²) < 4.78 is 0. The molecule has 0 unspecified atom stereocenters. The Morgan fingerprint density at radius 1 is 1.00 bits per heavy atom. The molecule has 2 aliphatic rings. The third-order valence-corrected chi connectivity index (χ3v) is 6.68. The minimum Gasteiger partial charge on any atom is -0.367 e. The van der Waals surface area contributed by atoms with Crippen molar-refractivity contribution < 1.29 is 0 Å². The minimum atomic E-state index is 0.526. The van der Waals surface area contributed by atoms with E-state index in [2.05, 4.69) is 68.8 Å². The highest BCUT2D eigenvalue weighted by molar-refractivity contribution is 5.77. The van der Waals surface area contributed by atoms with E-state index in [4.69, 9.17) is 4.98 Å². The Balaban J connectivity index is 1.52. The van der Waals surface area contributed by atoms with Gasteiger partial charge in [-0.05, 0) is 56.5 Å². The molecule has 5 rings (SSSR count). The van der Waals surface area contributed by atoms with E-state index in [9.17, 15) is 0 Å². The summed E-state index contributed by atoms with van der Waals surface area (Å²) in [5.41, 5.74) is 6.49. The fraction of sp³-hybridized carbons (Fsp3) is 0.480. The molecule has 32 heavy (non-hydrogen) atoms. The molecule has 1 aliphatic carbocycles. The summed E-state index contributed by atoms with van der Waals surface area (Å²) in [7, 11) is 0. The van der Waals surface area contributed by atoms with Gasteiger partial charge >= 0.3 is 0 Å². The normalized spacial score (nSPS) is 17.5. The lowest BCUT2D eigenvalue weighted by atomic mass is 9.95. The van der Waals surface area contributed by atoms with E-state index in [1.807, 2.05) is 6.20 Å². The number of nitrogens with one attached hydrogen (secondary N) is 3. The van der Waals surface area contributed by atoms with Crippen molar-refractivity contribution >= 4 is 11.6 Å². The highest BCUT2D eigenvalue weighted by Crippen LogP contribution is 2.33. The number of hydrogen-bond acceptors (Lipinski definition) is 6. The third-order valence-electron chi connectivity index (χ3n) is 6.68. The van der Waals surface area contributed by atoms with Crippen LogP contribution in [0.3, 0.4) is 0 Å². The van der Waals surface area contributed by atoms with Crippen molar-refractivity contribution in [3.63, 3.8) is 0 Å². The van der Waals surface area contributed by atoms with E-state index >= 15 is 0 Å². The van der Waals surface area contributed by atoms with Crippen LogP contribution in [0.2, 0.25) is 0 Å². The molecule has 0 radical (unpaired) electrons. The molecule has 3 aromatic rings. The number of anilines is 2. The van der Waals surface area contributed by atoms with E-state index in [1.165, 1.54) is 37.7 Å². The Hall–Kier alpha value is -2.93. The van der Waals surface area contributed by atoms with Crippen molar-refractivity contribution in [2.24, 2.45) is 0 Å². The van der Waals surface area contributed by atoms with Crippen molar-refractivity contribution in [2.45, 2.75) is 52.0 Å². The van der Waals surface area contributed by atoms with E-state index in [0.717, 1.165) is 66.0 Å². The van der Waals surface area contributed by atoms with Crippen LogP contribution in [0.25, 0.3) is 22.4 Å². The number of H-pyrrole nitrogens is 1. The topological polar surface area (TPSA) is 81.8 Å². The number of aryl methyl sites for hydroxylation is 2. The second-order valence-electron chi connectivity index (χ2n) is 9.05. The van der Waals surface area contributed by atoms with Gasteiger partial charge in [0, 0.05) is 55.2 Å². The van der Waals surface area contributed by atoms with Crippen LogP contribution in [0.4, 0.5) is 11.6 Å². The summed E-state index contributed by atoms with van der Waals surface area (Å²) in [6, 6.07) is 9.14. The lowest BCUT2D eigenvalue weighted by molar-refractivity contribution is 0.462. The van der Waals surface area contributed by atoms with Crippen molar-refractivity contribution in [1.29, 1.82) is 0 Å². The van der Waals surface area contributed by atoms with Crippen molar-refractivity contribution in [1.82, 2.24) is 25.5 Å². The van der Waals surface area contributed by atoms with Gasteiger partial charge in [0.25, 0.3) is 0 Å². The lowest BCUT2D eigenvalue weighted by Crippen LogP contribution is -2.43. The Morgan fingerprint density at radius 3 is 2.56 bits per heavy atom. The van der Waals surface area contributed by atoms with Gasteiger partial charge < -0.3 is 15.5 Å². The minimum absolute atomic E-state index is 0.526. The maximum Gasteiger partial charge on any atom is 0.129 e. The fourth-order valence-electron chi connectivity index (χ4n) is 4.97. The number of aromatic amines is 1. The Kier molecular flexibility index (Phi) is 6.08. The highest BCUT2D eigenvalue weighted by atomic mass is 15.2. The maximum atomic E-state index is 5.10. The maximum absolute atomic E-state index is 5.10. The summed E-state index contributed by atoms with van der Waals surface area (Å²) >= 11 is 0. The van der Waals surface area contributed by atoms with Gasteiger partial charge in [-0.2, -0.15) is 5.10 Å². The summed E-state index contributed by atoms with van der Waals surface area (Å²) in [6.45, 7) is 8.03. The lowest BCUT2D eigenvalue weighted by Gasteiger charge is -2.29. The predicted octanol–water partition coefficient (Wildman–Crippen LogP) is 4.30. The van der Waals surface area contributed by atoms with Crippen LogP contribution < -0.4 is 15.5 Å². The Labute approximate surface area is 190 Å². The summed E-state index contributed by atoms with van der Waals surface area (Å²) in [5.74, 6) is 1.97. The molecule has 0 aromatic carbocycles. The molecule has 7 nitrogen and oxygen atoms in total. The number of aromatic nitrogens is 4. The van der Waals surface area contributed by atoms with Crippen LogP contribution in [0, 0.1) is 13.8 Å². The van der Waals surface area contributed by atoms with Gasteiger partial charge in [0.1, 0.15) is 11.6 Å². The van der Waals surface area contributed by atoms with Gasteiger partial charge in [0.2, 0.25) is 0 Å². The van der Waals surface area contributed by atoms with E-state index in [1.54, 1.807) is 0 Å². The average Bonchev–Trinajstić information content (AvgIpc) is 3.18. The van der Waals surface area contributed by atoms with Crippen LogP contribution in [0.5, 0.6) is 0 Å². The molecule has 0 bridgehead atoms. The molecule has 1 saturated heterocycles. The quantitative estimate of drug-likeness (QED) is 0.559. The fourth-order valence-corrected chi connectivity index (χ4v) is 4.97. The molecule has 168 valence electrons. The second-order valence-corrected chi connectivity index (χ2v) is 9.05. The van der Waals surface area contributed by atoms with Gasteiger partial charge in [-0.1, -0.05) is 19.3 Å². The SMILES string of the molecule is Cc1n[nH]c(C)c1-c1cc(-c2ccnc(NC3CCCCC3)c2)nc(N2CCNCC2)c1. The molecule has 1 saturated carbocycles. The first kappa shape index (κ1) is 20.9. The van der Waals surface area contributed by atoms with Gasteiger partial charge in [-0.25, -0.2) is 9.97 Å². The molecule has 3 N–H and O–H groups in total. The molecule has 0 atom stereocenters. The van der Waals surface area contributed by atoms with Crippen molar-refractivity contribution in [3.05, 3.63) is 41.9 Å². The zero-order chi connectivity index (χ0) is 21.9. The first-order valence-electron chi connectivity index (χ1n) is 11.9. The molecule has 2 fully saturated rings. The van der Waals surface area contributed by atoms with Gasteiger partial charge in [0.15, 0.2) is 0 Å². The number of nitrogens with zero attached hydrogens (tertiary/aromatic N) is 4. The molecule has 4 heterocycles. The Morgan fingerprint density at radius 2 is 1.81 bits per heavy atom. The molecular formula is C25H33N7. The number of piperazine rings is 1. The molecule has 0 spiro atoms. The Bertz CT molecular complexity index is 1040. The molecule has 3 aromatic heterocycles. The summed E-state index contributed by atoms with van der Waals surface area (Å²) in [5, 5.41) is 14.7. The zero-order valence-corrected chi connectivity index (χ0v) is 19.1. The first-order valence-corrected chi connectivity index (χ1v) is 11.9. The largest absolute Gasteiger partial charge is 0.367 e. The number of pyridine rings is 2. The van der Waals surface area contributed by atoms with Crippen LogP contribution in [-0.2, 0) is 0 Å². The van der Waals surface area contributed by atoms with Crippen molar-refractivity contribution in [2.75, 3.05) is 36.4 Å². The monoisotopic (exact) mass is 431 g/mol. The van der Waals surface area contributed by atoms with E-state index in [0.29, 0.717) is 6.04 Å². The predicted molar refractivity (Wildman–Crippen MR) is 130 cm³/mol. The third kappa shape index (κ3) is 4.48. The zero-order valence-electron chi connectivity index (χ0n) is 19.1. The summed E-state index contributed by atoms with van der Waals surface area (Å²) in [6.07, 6.45) is 8.31. The molecular weight excluding hydrogens is 398 g/mol. The molecule has 1 aliphatic heterocycles. The molecule has 0 amide bonds. The molecule has 7 heteroatoms. The first-order chi connectivity index (χ1) is 15.7.